The third-order valence-corrected chi connectivity index (χ3v) is 1.13. The summed E-state index contributed by atoms with van der Waals surface area (Å²) in [5.41, 5.74) is 0. The van der Waals surface area contributed by atoms with Crippen LogP contribution in [0.3, 0.4) is 0 Å². The van der Waals surface area contributed by atoms with Crippen molar-refractivity contribution in [1.82, 2.24) is 0 Å². The fraction of sp³-hybridized carbons (Fsp3) is 0. The normalized spacial score (nSPS) is 8.00. The molecule has 1 aromatic rings. The molecule has 1 rings (SSSR count). The van der Waals surface area contributed by atoms with Gasteiger partial charge in [0.05, 0.1) is 0 Å². The fourth-order valence-corrected chi connectivity index (χ4v) is 0.646. The van der Waals surface area contributed by atoms with E-state index < -0.39 is 5.97 Å². The summed E-state index contributed by atoms with van der Waals surface area (Å²) in [5, 5.41) is 0. The van der Waals surface area contributed by atoms with Gasteiger partial charge in [-0.15, -0.1) is 0 Å². The second kappa shape index (κ2) is 5.84. The molecule has 0 atom stereocenters. The van der Waals surface area contributed by atoms with Crippen molar-refractivity contribution in [1.29, 1.82) is 0 Å². The van der Waals surface area contributed by atoms with E-state index in [1.54, 1.807) is 24.3 Å². The predicted molar refractivity (Wildman–Crippen MR) is 48.0 cm³/mol. The number of esters is 1. The Balaban J connectivity index is 0.00000121. The van der Waals surface area contributed by atoms with E-state index in [-0.39, 0.29) is 24.4 Å². The van der Waals surface area contributed by atoms with Gasteiger partial charge in [0.25, 0.3) is 0 Å². The molecule has 1 aromatic carbocycles. The molecule has 0 spiro atoms. The molecule has 0 aliphatic rings. The molecule has 12 heavy (non-hydrogen) atoms. The quantitative estimate of drug-likeness (QED) is 0.351. The number of carbonyl (C=O) groups is 1. The van der Waals surface area contributed by atoms with Crippen LogP contribution in [-0.4, -0.2) is 30.4 Å². The van der Waals surface area contributed by atoms with Crippen molar-refractivity contribution >= 4 is 30.4 Å². The van der Waals surface area contributed by atoms with E-state index in [0.717, 1.165) is 6.08 Å². The topological polar surface area (TPSA) is 26.3 Å². The van der Waals surface area contributed by atoms with Crippen molar-refractivity contribution in [2.45, 2.75) is 0 Å². The number of benzene rings is 1. The van der Waals surface area contributed by atoms with Gasteiger partial charge in [-0.25, -0.2) is 4.79 Å². The van der Waals surface area contributed by atoms with Crippen LogP contribution < -0.4 is 4.74 Å². The van der Waals surface area contributed by atoms with Crippen molar-refractivity contribution in [3.63, 3.8) is 0 Å². The van der Waals surface area contributed by atoms with E-state index >= 15 is 0 Å². The van der Waals surface area contributed by atoms with E-state index in [0.29, 0.717) is 5.75 Å². The molecule has 3 heteroatoms. The molecule has 0 amide bonds. The maximum absolute atomic E-state index is 10.6. The number of para-hydroxylation sites is 1. The van der Waals surface area contributed by atoms with Gasteiger partial charge >= 0.3 is 5.97 Å². The van der Waals surface area contributed by atoms with Gasteiger partial charge in [0, 0.05) is 30.5 Å². The molecule has 0 aromatic heterocycles. The minimum Gasteiger partial charge on any atom is -0.423 e. The number of carbonyl (C=O) groups excluding carboxylic acids is 1. The molecule has 0 N–H and O–H groups in total. The third-order valence-electron chi connectivity index (χ3n) is 1.13. The zero-order valence-electron chi connectivity index (χ0n) is 6.43. The predicted octanol–water partition coefficient (Wildman–Crippen LogP) is 1.40. The Morgan fingerprint density at radius 2 is 1.92 bits per heavy atom. The first-order valence-corrected chi connectivity index (χ1v) is 3.22. The molecular formula is C9H8O2Sb. The third kappa shape index (κ3) is 3.58. The van der Waals surface area contributed by atoms with Crippen molar-refractivity contribution in [3.05, 3.63) is 43.0 Å². The summed E-state index contributed by atoms with van der Waals surface area (Å²) >= 11 is 0. The number of hydrogen-bond acceptors (Lipinski definition) is 2. The van der Waals surface area contributed by atoms with Gasteiger partial charge in [-0.1, -0.05) is 24.8 Å². The van der Waals surface area contributed by atoms with Crippen molar-refractivity contribution in [2.24, 2.45) is 0 Å². The van der Waals surface area contributed by atoms with Gasteiger partial charge in [0.15, 0.2) is 0 Å². The summed E-state index contributed by atoms with van der Waals surface area (Å²) in [4.78, 5) is 10.6. The second-order valence-electron chi connectivity index (χ2n) is 1.94. The molecule has 0 saturated heterocycles. The summed E-state index contributed by atoms with van der Waals surface area (Å²) in [6.45, 7) is 3.28. The molecule has 0 bridgehead atoms. The maximum Gasteiger partial charge on any atom is 0.335 e. The Morgan fingerprint density at radius 3 is 2.42 bits per heavy atom. The van der Waals surface area contributed by atoms with Crippen LogP contribution in [0.5, 0.6) is 5.75 Å². The maximum atomic E-state index is 10.6. The Hall–Kier alpha value is -0.752. The van der Waals surface area contributed by atoms with E-state index in [1.165, 1.54) is 0 Å². The van der Waals surface area contributed by atoms with Crippen LogP contribution in [0.15, 0.2) is 43.0 Å². The Labute approximate surface area is 88.7 Å². The van der Waals surface area contributed by atoms with Crippen LogP contribution in [0, 0.1) is 0 Å². The first kappa shape index (κ1) is 11.2. The smallest absolute Gasteiger partial charge is 0.335 e. The van der Waals surface area contributed by atoms with Crippen LogP contribution in [-0.2, 0) is 4.79 Å². The molecular weight excluding hydrogens is 262 g/mol. The van der Waals surface area contributed by atoms with Gasteiger partial charge in [0.1, 0.15) is 5.75 Å². The van der Waals surface area contributed by atoms with Gasteiger partial charge in [0.2, 0.25) is 0 Å². The van der Waals surface area contributed by atoms with Crippen LogP contribution in [0.2, 0.25) is 0 Å². The van der Waals surface area contributed by atoms with E-state index in [2.05, 4.69) is 6.58 Å². The number of hydrogen-bond donors (Lipinski definition) is 0. The number of rotatable bonds is 2. The summed E-state index contributed by atoms with van der Waals surface area (Å²) in [7, 11) is 0. The summed E-state index contributed by atoms with van der Waals surface area (Å²) in [6, 6.07) is 8.87. The van der Waals surface area contributed by atoms with Crippen molar-refractivity contribution in [3.8, 4) is 5.75 Å². The Bertz CT molecular complexity index is 256. The SMILES string of the molecule is C=CC(=O)Oc1ccccc1.[Sb]. The molecule has 0 heterocycles. The summed E-state index contributed by atoms with van der Waals surface area (Å²) in [6.07, 6.45) is 1.13. The zero-order valence-corrected chi connectivity index (χ0v) is 8.99. The van der Waals surface area contributed by atoms with Crippen molar-refractivity contribution < 1.29 is 9.53 Å². The molecule has 61 valence electrons. The molecule has 0 saturated carbocycles. The fourth-order valence-electron chi connectivity index (χ4n) is 0.646. The molecule has 0 unspecified atom stereocenters. The molecule has 3 radical (unpaired) electrons. The zero-order chi connectivity index (χ0) is 8.10. The molecule has 0 aliphatic carbocycles. The Morgan fingerprint density at radius 1 is 1.33 bits per heavy atom. The molecule has 0 aliphatic heterocycles. The molecule has 0 fully saturated rings. The van der Waals surface area contributed by atoms with Gasteiger partial charge in [-0.2, -0.15) is 0 Å². The van der Waals surface area contributed by atoms with Crippen LogP contribution in [0.1, 0.15) is 0 Å². The van der Waals surface area contributed by atoms with Crippen LogP contribution in [0.4, 0.5) is 0 Å². The first-order valence-electron chi connectivity index (χ1n) is 3.22. The standard InChI is InChI=1S/C9H8O2.Sb/c1-2-9(10)11-8-6-4-3-5-7-8;/h2-7H,1H2;. The summed E-state index contributed by atoms with van der Waals surface area (Å²) in [5.74, 6) is 0.105. The van der Waals surface area contributed by atoms with Crippen LogP contribution >= 0.6 is 0 Å². The van der Waals surface area contributed by atoms with E-state index in [9.17, 15) is 4.79 Å². The largest absolute Gasteiger partial charge is 0.423 e. The minimum absolute atomic E-state index is 0. The van der Waals surface area contributed by atoms with Crippen molar-refractivity contribution in [2.75, 3.05) is 0 Å². The van der Waals surface area contributed by atoms with Crippen LogP contribution in [0.25, 0.3) is 0 Å². The van der Waals surface area contributed by atoms with E-state index in [1.807, 2.05) is 6.07 Å². The molecule has 2 nitrogen and oxygen atoms in total. The number of ether oxygens (including phenoxy) is 1. The second-order valence-corrected chi connectivity index (χ2v) is 1.94. The average molecular weight is 270 g/mol. The average Bonchev–Trinajstić information content (AvgIpc) is 2.06. The van der Waals surface area contributed by atoms with Gasteiger partial charge < -0.3 is 4.74 Å². The van der Waals surface area contributed by atoms with Gasteiger partial charge in [-0.3, -0.25) is 0 Å². The Kier molecular flexibility index (Phi) is 5.48. The van der Waals surface area contributed by atoms with E-state index in [4.69, 9.17) is 4.74 Å². The summed E-state index contributed by atoms with van der Waals surface area (Å²) < 4.78 is 4.81. The monoisotopic (exact) mass is 269 g/mol. The minimum atomic E-state index is -0.434. The van der Waals surface area contributed by atoms with Gasteiger partial charge in [-0.05, 0) is 12.1 Å². The first-order chi connectivity index (χ1) is 5.33.